The number of anilines is 2. The molecule has 1 amide bonds. The number of rotatable bonds is 27. The molecule has 2 bridgehead atoms. The molecule has 2 aliphatic rings. The number of carbonyl (C=O) groups excluding carboxylic acids is 2. The number of nitrogens with zero attached hydrogens (tertiary/aromatic N) is 15. The Bertz CT molecular complexity index is 5190. The number of amides is 1. The number of nitrogens with two attached hydrogens (primary N) is 1. The number of benzene rings is 3. The number of hydrogen-bond donors (Lipinski definition) is 5. The second kappa shape index (κ2) is 40.6. The van der Waals surface area contributed by atoms with Crippen molar-refractivity contribution in [2.75, 3.05) is 64.8 Å². The Kier molecular flexibility index (Phi) is 31.6. The van der Waals surface area contributed by atoms with Crippen molar-refractivity contribution in [3.8, 4) is 11.5 Å². The predicted octanol–water partition coefficient (Wildman–Crippen LogP) is 13.1. The van der Waals surface area contributed by atoms with Crippen LogP contribution in [0.4, 0.5) is 16.0 Å². The van der Waals surface area contributed by atoms with Gasteiger partial charge < -0.3 is 67.1 Å². The lowest BCUT2D eigenvalue weighted by Crippen LogP contribution is -2.41. The van der Waals surface area contributed by atoms with Crippen molar-refractivity contribution >= 4 is 111 Å². The van der Waals surface area contributed by atoms with Crippen LogP contribution in [0.15, 0.2) is 128 Å². The second-order valence-electron chi connectivity index (χ2n) is 29.3. The van der Waals surface area contributed by atoms with E-state index in [-0.39, 0.29) is 59.8 Å². The minimum absolute atomic E-state index is 0.0495. The summed E-state index contributed by atoms with van der Waals surface area (Å²) in [7, 11) is 0.136. The quantitative estimate of drug-likeness (QED) is 0.00607. The molecule has 2 aliphatic heterocycles. The minimum atomic E-state index is -4.22. The number of aromatic amines is 1. The molecule has 1 fully saturated rings. The van der Waals surface area contributed by atoms with Gasteiger partial charge in [0.05, 0.1) is 70.3 Å². The number of carbonyl (C=O) groups is 2. The van der Waals surface area contributed by atoms with E-state index in [1.54, 1.807) is 38.1 Å². The number of nitrogen functional groups attached to an aromatic ring is 1. The monoisotopic (exact) mass is 1740 g/mol. The molecule has 10 aromatic rings. The summed E-state index contributed by atoms with van der Waals surface area (Å²) < 4.78 is 106. The summed E-state index contributed by atoms with van der Waals surface area (Å²) in [6.45, 7) is 26.2. The van der Waals surface area contributed by atoms with Crippen LogP contribution in [0, 0.1) is 6.57 Å². The highest BCUT2D eigenvalue weighted by Gasteiger charge is 2.51. The van der Waals surface area contributed by atoms with E-state index in [4.69, 9.17) is 84.3 Å². The van der Waals surface area contributed by atoms with E-state index in [1.807, 2.05) is 78.2 Å². The van der Waals surface area contributed by atoms with E-state index in [1.165, 1.54) is 49.9 Å². The number of methoxy groups -OCH3 is 2. The first-order valence-corrected chi connectivity index (χ1v) is 47.2. The van der Waals surface area contributed by atoms with Crippen molar-refractivity contribution in [2.45, 2.75) is 181 Å². The van der Waals surface area contributed by atoms with Crippen LogP contribution >= 0.6 is 34.3 Å². The standard InChI is InChI=1S/C39H47N6O5P.C19H22FN9O8P2S2.C18H31N3O4Si/c1-28(2)45(29(3)4)51(48-24-22-40-6)49-25-23-44-37(43-36-26-41-27-42-38(36)44)30(5)50-39(31-12-10-9-11-13-31,32-14-18-34(46-7)19-15-32)33-16-20-35(47-8)21-17-33;1-8-14-25-9-4-22-6-23-15(9)28(14)2-3-33-38(31,40)34-5-10-11(20)13(37-39(32,41)36-8)18(35-10)29-7-24-12-16(29)26-19(21)27-17(12)30;1-13(25-14(2)22)17(23)21-16-11-19-12-20-15(16)9-8-10-24-26(6,7)18(3,4)5/h9-21,26-30H,22-25H2,1-5,7-8H3;4,6-8,10-11,13,18H,2-3,5H2,1H3,(H,31,40)(H,32,41)(H3,21,26,27,30);11-13H,8-10H2,1-7H3,(H,21,23)/t30-,51?;8-,10-,11-,13-,18-,38?,39?;13-/m111/s1. The molecule has 0 radical (unpaired) electrons. The summed E-state index contributed by atoms with van der Waals surface area (Å²) in [5.74, 6) is 1.30. The maximum atomic E-state index is 15.9. The molecule has 3 unspecified atom stereocenters. The van der Waals surface area contributed by atoms with Crippen LogP contribution in [0.1, 0.15) is 135 Å². The zero-order valence-electron chi connectivity index (χ0n) is 68.2. The van der Waals surface area contributed by atoms with Gasteiger partial charge in [0.2, 0.25) is 12.5 Å². The van der Waals surface area contributed by atoms with Gasteiger partial charge in [0, 0.05) is 38.7 Å². The highest BCUT2D eigenvalue weighted by molar-refractivity contribution is 8.44. The van der Waals surface area contributed by atoms with Crippen LogP contribution in [0.2, 0.25) is 18.1 Å². The lowest BCUT2D eigenvalue weighted by molar-refractivity contribution is -0.150. The number of hydrogen-bond acceptors (Lipinski definition) is 29. The molecule has 35 nitrogen and oxygen atoms in total. The number of H-pyrrole nitrogens is 1. The summed E-state index contributed by atoms with van der Waals surface area (Å²) in [5, 5.41) is 2.90. The maximum Gasteiger partial charge on any atom is 0.386 e. The summed E-state index contributed by atoms with van der Waals surface area (Å²) in [5.41, 5.74) is 10.0. The van der Waals surface area contributed by atoms with Crippen molar-refractivity contribution in [1.82, 2.24) is 73.2 Å². The molecule has 3 aromatic carbocycles. The molecule has 0 aliphatic carbocycles. The number of imidazole rings is 3. The molecule has 7 aromatic heterocycles. The molecular weight excluding hydrogens is 1640 g/mol. The molecule has 0 saturated carbocycles. The van der Waals surface area contributed by atoms with Crippen molar-refractivity contribution in [1.29, 1.82) is 0 Å². The normalized spacial score (nSPS) is 20.2. The molecule has 634 valence electrons. The van der Waals surface area contributed by atoms with Crippen LogP contribution in [0.5, 0.6) is 11.5 Å². The Morgan fingerprint density at radius 1 is 0.847 bits per heavy atom. The van der Waals surface area contributed by atoms with Gasteiger partial charge >= 0.3 is 19.5 Å². The topological polar surface area (TPSA) is 404 Å². The second-order valence-corrected chi connectivity index (χ2v) is 41.3. The van der Waals surface area contributed by atoms with E-state index < -0.39 is 103 Å². The summed E-state index contributed by atoms with van der Waals surface area (Å²) in [6.07, 6.45) is 2.84. The van der Waals surface area contributed by atoms with Gasteiger partial charge in [0.1, 0.15) is 89.8 Å². The number of nitrogens with one attached hydrogen (secondary N) is 2. The van der Waals surface area contributed by atoms with Gasteiger partial charge in [0.25, 0.3) is 20.0 Å². The van der Waals surface area contributed by atoms with Gasteiger partial charge in [0.15, 0.2) is 49.3 Å². The highest BCUT2D eigenvalue weighted by atomic mass is 32.7. The van der Waals surface area contributed by atoms with E-state index >= 15 is 4.39 Å². The molecule has 1 saturated heterocycles. The van der Waals surface area contributed by atoms with Crippen LogP contribution in [0.3, 0.4) is 0 Å². The van der Waals surface area contributed by atoms with Crippen LogP contribution in [-0.4, -0.2) is 189 Å². The Morgan fingerprint density at radius 3 is 2.08 bits per heavy atom. The molecular formula is C76H100FN18O17P3S2Si. The smallest absolute Gasteiger partial charge is 0.386 e. The Balaban J connectivity index is 0.000000196. The first-order chi connectivity index (χ1) is 56.1. The molecule has 42 heteroatoms. The maximum absolute atomic E-state index is 15.9. The van der Waals surface area contributed by atoms with E-state index in [9.17, 15) is 23.8 Å². The molecule has 12 rings (SSSR count). The average molecular weight is 1740 g/mol. The van der Waals surface area contributed by atoms with Crippen molar-refractivity contribution < 1.29 is 78.7 Å². The van der Waals surface area contributed by atoms with Gasteiger partial charge in [-0.15, -0.1) is 0 Å². The van der Waals surface area contributed by atoms with Gasteiger partial charge in [-0.2, -0.15) is 4.98 Å². The first kappa shape index (κ1) is 91.7. The number of halogens is 1. The average Bonchev–Trinajstić information content (AvgIpc) is 0.972. The number of aromatic nitrogens is 14. The number of ether oxygens (including phenoxy) is 5. The molecule has 118 heavy (non-hydrogen) atoms. The summed E-state index contributed by atoms with van der Waals surface area (Å²) in [4.78, 5) is 95.1. The lowest BCUT2D eigenvalue weighted by atomic mass is 9.79. The van der Waals surface area contributed by atoms with Crippen LogP contribution < -0.4 is 26.1 Å². The summed E-state index contributed by atoms with van der Waals surface area (Å²) in [6, 6.07) is 26.5. The fourth-order valence-corrected chi connectivity index (χ4v) is 18.5. The number of alkyl halides is 1. The van der Waals surface area contributed by atoms with Crippen molar-refractivity contribution in [2.24, 2.45) is 0 Å². The van der Waals surface area contributed by atoms with Gasteiger partial charge in [-0.05, 0) is 132 Å². The Morgan fingerprint density at radius 2 is 1.46 bits per heavy atom. The summed E-state index contributed by atoms with van der Waals surface area (Å²) >= 11 is 9.27. The largest absolute Gasteiger partial charge is 0.497 e. The van der Waals surface area contributed by atoms with Crippen molar-refractivity contribution in [3.05, 3.63) is 179 Å². The fourth-order valence-electron chi connectivity index (χ4n) is 12.9. The highest BCUT2D eigenvalue weighted by Crippen LogP contribution is 2.57. The van der Waals surface area contributed by atoms with Gasteiger partial charge in [-0.3, -0.25) is 42.0 Å². The molecule has 0 spiro atoms. The third-order valence-corrected chi connectivity index (χ3v) is 29.3. The van der Waals surface area contributed by atoms with Crippen LogP contribution in [0.25, 0.3) is 38.3 Å². The zero-order valence-corrected chi connectivity index (χ0v) is 73.5. The third kappa shape index (κ3) is 22.7. The lowest BCUT2D eigenvalue weighted by Gasteiger charge is -2.38. The number of thiol groups is 1. The van der Waals surface area contributed by atoms with E-state index in [0.29, 0.717) is 66.6 Å². The SMILES string of the molecule is CC(=O)O[C@H](C)C(=O)Nc1cncnc1CCCO[Si](C)(C)C(C)(C)C.C[C@H]1OP(O)(=S)O[C@@H]2[C@H](F)[C@@H](COP(=O)(S)OCCn3c1nc1cncnc13)O[C@H]2n1cnc2c(=O)[nH]c(N)nc21.[C-]#[N+]CCOP(OCCn1c([C@@H](C)OC(c2ccccc2)(c2ccc(OC)cc2)c2ccc(OC)cc2)nc2cncnc21)N(C(C)C)C(C)C. The molecule has 10 atom stereocenters. The predicted molar refractivity (Wildman–Crippen MR) is 449 cm³/mol. The number of esters is 1. The van der Waals surface area contributed by atoms with Crippen molar-refractivity contribution in [3.63, 3.8) is 0 Å². The minimum Gasteiger partial charge on any atom is -0.497 e. The van der Waals surface area contributed by atoms with E-state index in [2.05, 4.69) is 151 Å². The third-order valence-electron chi connectivity index (χ3n) is 19.4. The number of fused-ring (bicyclic) bond motifs is 7. The Hall–Kier alpha value is -8.61. The zero-order chi connectivity index (χ0) is 85.4. The Labute approximate surface area is 695 Å². The molecule has 5 N–H and O–H groups in total. The number of aryl methyl sites for hydroxylation is 1. The van der Waals surface area contributed by atoms with E-state index in [0.717, 1.165) is 40.3 Å². The fraction of sp³-hybridized carbons (Fsp3) is 0.474. The van der Waals surface area contributed by atoms with Gasteiger partial charge in [-0.25, -0.2) is 65.1 Å². The van der Waals surface area contributed by atoms with Crippen LogP contribution in [-0.2, 0) is 96.9 Å². The molecule has 9 heterocycles. The first-order valence-electron chi connectivity index (χ1n) is 37.9. The van der Waals surface area contributed by atoms with Gasteiger partial charge in [-0.1, -0.05) is 87.6 Å².